The lowest BCUT2D eigenvalue weighted by molar-refractivity contribution is -0.182. The summed E-state index contributed by atoms with van der Waals surface area (Å²) in [5.41, 5.74) is 0.0301. The number of aliphatic hydroxyl groups is 1. The zero-order valence-electron chi connectivity index (χ0n) is 11.5. The van der Waals surface area contributed by atoms with Crippen LogP contribution in [0.2, 0.25) is 0 Å². The number of hydrogen-bond donors (Lipinski definition) is 1. The molecule has 1 saturated heterocycles. The van der Waals surface area contributed by atoms with E-state index in [1.165, 1.54) is 0 Å². The van der Waals surface area contributed by atoms with Gasteiger partial charge in [-0.3, -0.25) is 0 Å². The van der Waals surface area contributed by atoms with E-state index in [0.717, 1.165) is 12.8 Å². The van der Waals surface area contributed by atoms with Crippen molar-refractivity contribution < 1.29 is 9.84 Å². The largest absolute Gasteiger partial charge is 0.389 e. The molecule has 1 unspecified atom stereocenters. The Hall–Kier alpha value is -0.120. The van der Waals surface area contributed by atoms with Crippen LogP contribution in [0.15, 0.2) is 0 Å². The summed E-state index contributed by atoms with van der Waals surface area (Å²) >= 11 is 0. The summed E-state index contributed by atoms with van der Waals surface area (Å²) in [6.45, 7) is 8.60. The zero-order valence-corrected chi connectivity index (χ0v) is 11.5. The summed E-state index contributed by atoms with van der Waals surface area (Å²) in [5, 5.41) is 10.4. The number of nitrogens with zero attached hydrogens (tertiary/aromatic N) is 1. The van der Waals surface area contributed by atoms with Gasteiger partial charge in [0.2, 0.25) is 0 Å². The second kappa shape index (κ2) is 5.03. The first kappa shape index (κ1) is 13.9. The molecule has 0 aromatic heterocycles. The standard InChI is InChI=1S/C13H27NO2/c1-7-13(3,4)12-11(15)10(14(5)6)8-9(2)16-12/h9-12,15H,7-8H2,1-6H3/t9-,10+,11-,12?/m1/s1. The molecule has 0 spiro atoms. The summed E-state index contributed by atoms with van der Waals surface area (Å²) in [5.74, 6) is 0. The monoisotopic (exact) mass is 229 g/mol. The van der Waals surface area contributed by atoms with Crippen molar-refractivity contribution in [3.8, 4) is 0 Å². The summed E-state index contributed by atoms with van der Waals surface area (Å²) in [4.78, 5) is 2.11. The van der Waals surface area contributed by atoms with E-state index < -0.39 is 0 Å². The number of hydrogen-bond acceptors (Lipinski definition) is 3. The minimum atomic E-state index is -0.388. The molecule has 1 N–H and O–H groups in total. The van der Waals surface area contributed by atoms with E-state index in [-0.39, 0.29) is 29.8 Å². The van der Waals surface area contributed by atoms with E-state index >= 15 is 0 Å². The molecular formula is C13H27NO2. The molecule has 16 heavy (non-hydrogen) atoms. The number of rotatable bonds is 3. The third-order valence-electron chi connectivity index (χ3n) is 4.00. The van der Waals surface area contributed by atoms with Gasteiger partial charge >= 0.3 is 0 Å². The summed E-state index contributed by atoms with van der Waals surface area (Å²) in [6.07, 6.45) is 1.70. The first-order chi connectivity index (χ1) is 7.29. The van der Waals surface area contributed by atoms with Crippen LogP contribution in [-0.2, 0) is 4.74 Å². The van der Waals surface area contributed by atoms with Crippen LogP contribution in [0.1, 0.15) is 40.5 Å². The molecule has 0 saturated carbocycles. The van der Waals surface area contributed by atoms with E-state index in [1.807, 2.05) is 14.1 Å². The Morgan fingerprint density at radius 3 is 2.38 bits per heavy atom. The Kier molecular flexibility index (Phi) is 4.38. The van der Waals surface area contributed by atoms with E-state index in [4.69, 9.17) is 4.74 Å². The molecule has 0 aliphatic carbocycles. The topological polar surface area (TPSA) is 32.7 Å². The number of aliphatic hydroxyl groups excluding tert-OH is 1. The summed E-state index contributed by atoms with van der Waals surface area (Å²) in [6, 6.07) is 0.208. The van der Waals surface area contributed by atoms with Crippen molar-refractivity contribution >= 4 is 0 Å². The molecule has 3 nitrogen and oxygen atoms in total. The summed E-state index contributed by atoms with van der Waals surface area (Å²) in [7, 11) is 4.06. The second-order valence-electron chi connectivity index (χ2n) is 5.97. The van der Waals surface area contributed by atoms with Gasteiger partial charge in [-0.1, -0.05) is 20.8 Å². The van der Waals surface area contributed by atoms with Gasteiger partial charge in [-0.05, 0) is 39.3 Å². The molecular weight excluding hydrogens is 202 g/mol. The van der Waals surface area contributed by atoms with Crippen molar-refractivity contribution in [2.45, 2.75) is 64.9 Å². The Bertz CT molecular complexity index is 228. The van der Waals surface area contributed by atoms with Crippen molar-refractivity contribution in [1.82, 2.24) is 4.90 Å². The Morgan fingerprint density at radius 1 is 1.38 bits per heavy atom. The summed E-state index contributed by atoms with van der Waals surface area (Å²) < 4.78 is 5.96. The van der Waals surface area contributed by atoms with Crippen LogP contribution in [0, 0.1) is 5.41 Å². The fourth-order valence-corrected chi connectivity index (χ4v) is 2.43. The SMILES string of the molecule is CCC(C)(C)C1O[C@H](C)C[C@H](N(C)C)[C@H]1O. The lowest BCUT2D eigenvalue weighted by Gasteiger charge is -2.47. The van der Waals surface area contributed by atoms with Crippen molar-refractivity contribution in [2.24, 2.45) is 5.41 Å². The van der Waals surface area contributed by atoms with Gasteiger partial charge in [-0.25, -0.2) is 0 Å². The van der Waals surface area contributed by atoms with Crippen molar-refractivity contribution in [3.05, 3.63) is 0 Å². The zero-order chi connectivity index (χ0) is 12.5. The minimum absolute atomic E-state index is 0.0301. The lowest BCUT2D eigenvalue weighted by Crippen LogP contribution is -2.57. The molecule has 1 aliphatic rings. The van der Waals surface area contributed by atoms with Crippen molar-refractivity contribution in [2.75, 3.05) is 14.1 Å². The Morgan fingerprint density at radius 2 is 1.94 bits per heavy atom. The van der Waals surface area contributed by atoms with Gasteiger partial charge in [0.05, 0.1) is 18.3 Å². The number of ether oxygens (including phenoxy) is 1. The first-order valence-electron chi connectivity index (χ1n) is 6.29. The smallest absolute Gasteiger partial charge is 0.0962 e. The molecule has 0 radical (unpaired) electrons. The fourth-order valence-electron chi connectivity index (χ4n) is 2.43. The van der Waals surface area contributed by atoms with Gasteiger partial charge in [0.1, 0.15) is 0 Å². The molecule has 0 bridgehead atoms. The number of likely N-dealkylation sites (N-methyl/N-ethyl adjacent to an activating group) is 1. The lowest BCUT2D eigenvalue weighted by atomic mass is 9.77. The van der Waals surface area contributed by atoms with E-state index in [0.29, 0.717) is 0 Å². The van der Waals surface area contributed by atoms with Gasteiger partial charge in [0.25, 0.3) is 0 Å². The highest BCUT2D eigenvalue weighted by atomic mass is 16.5. The van der Waals surface area contributed by atoms with Crippen LogP contribution in [0.5, 0.6) is 0 Å². The second-order valence-corrected chi connectivity index (χ2v) is 5.97. The van der Waals surface area contributed by atoms with E-state index in [1.54, 1.807) is 0 Å². The molecule has 4 atom stereocenters. The van der Waals surface area contributed by atoms with Crippen LogP contribution in [0.3, 0.4) is 0 Å². The van der Waals surface area contributed by atoms with Crippen molar-refractivity contribution in [3.63, 3.8) is 0 Å². The highest BCUT2D eigenvalue weighted by Gasteiger charge is 2.44. The van der Waals surface area contributed by atoms with Crippen LogP contribution in [0.25, 0.3) is 0 Å². The van der Waals surface area contributed by atoms with Crippen LogP contribution < -0.4 is 0 Å². The molecule has 1 rings (SSSR count). The van der Waals surface area contributed by atoms with Crippen LogP contribution >= 0.6 is 0 Å². The fraction of sp³-hybridized carbons (Fsp3) is 1.00. The third kappa shape index (κ3) is 2.76. The van der Waals surface area contributed by atoms with E-state index in [9.17, 15) is 5.11 Å². The Balaban J connectivity index is 2.85. The van der Waals surface area contributed by atoms with Gasteiger partial charge in [-0.2, -0.15) is 0 Å². The predicted molar refractivity (Wildman–Crippen MR) is 66.5 cm³/mol. The van der Waals surface area contributed by atoms with Crippen LogP contribution in [0.4, 0.5) is 0 Å². The highest BCUT2D eigenvalue weighted by Crippen LogP contribution is 2.36. The quantitative estimate of drug-likeness (QED) is 0.802. The average Bonchev–Trinajstić information content (AvgIpc) is 2.20. The van der Waals surface area contributed by atoms with Crippen LogP contribution in [-0.4, -0.2) is 48.5 Å². The highest BCUT2D eigenvalue weighted by molar-refractivity contribution is 4.95. The van der Waals surface area contributed by atoms with Gasteiger partial charge < -0.3 is 14.7 Å². The normalized spacial score (nSPS) is 36.8. The predicted octanol–water partition coefficient (Wildman–Crippen LogP) is 1.89. The first-order valence-corrected chi connectivity index (χ1v) is 6.29. The average molecular weight is 229 g/mol. The minimum Gasteiger partial charge on any atom is -0.389 e. The van der Waals surface area contributed by atoms with Gasteiger partial charge in [0, 0.05) is 6.04 Å². The molecule has 1 heterocycles. The van der Waals surface area contributed by atoms with E-state index in [2.05, 4.69) is 32.6 Å². The maximum absolute atomic E-state index is 10.4. The maximum atomic E-state index is 10.4. The third-order valence-corrected chi connectivity index (χ3v) is 4.00. The molecule has 0 aromatic carbocycles. The Labute approximate surface area is 99.8 Å². The van der Waals surface area contributed by atoms with Gasteiger partial charge in [0.15, 0.2) is 0 Å². The maximum Gasteiger partial charge on any atom is 0.0962 e. The molecule has 1 fully saturated rings. The molecule has 0 aromatic rings. The molecule has 1 aliphatic heterocycles. The molecule has 3 heteroatoms. The molecule has 96 valence electrons. The van der Waals surface area contributed by atoms with Crippen molar-refractivity contribution in [1.29, 1.82) is 0 Å². The van der Waals surface area contributed by atoms with Gasteiger partial charge in [-0.15, -0.1) is 0 Å². The molecule has 0 amide bonds.